The van der Waals surface area contributed by atoms with Gasteiger partial charge < -0.3 is 5.32 Å². The molecule has 2 rings (SSSR count). The van der Waals surface area contributed by atoms with Crippen LogP contribution in [0.15, 0.2) is 24.3 Å². The summed E-state index contributed by atoms with van der Waals surface area (Å²) in [6.07, 6.45) is 7.28. The van der Waals surface area contributed by atoms with Gasteiger partial charge in [0.2, 0.25) is 0 Å². The van der Waals surface area contributed by atoms with E-state index in [2.05, 4.69) is 12.2 Å². The van der Waals surface area contributed by atoms with E-state index in [-0.39, 0.29) is 5.82 Å². The molecule has 0 amide bonds. The van der Waals surface area contributed by atoms with Crippen molar-refractivity contribution in [2.24, 2.45) is 0 Å². The Morgan fingerprint density at radius 2 is 2.12 bits per heavy atom. The lowest BCUT2D eigenvalue weighted by molar-refractivity contribution is 0.304. The smallest absolute Gasteiger partial charge is 0.123 e. The van der Waals surface area contributed by atoms with E-state index < -0.39 is 0 Å². The van der Waals surface area contributed by atoms with Crippen molar-refractivity contribution in [3.63, 3.8) is 0 Å². The minimum absolute atomic E-state index is 0.122. The van der Waals surface area contributed by atoms with Gasteiger partial charge in [-0.05, 0) is 43.4 Å². The first-order valence-corrected chi connectivity index (χ1v) is 6.78. The summed E-state index contributed by atoms with van der Waals surface area (Å²) in [5, 5.41) is 3.70. The fraction of sp³-hybridized carbons (Fsp3) is 0.600. The Balaban J connectivity index is 1.90. The zero-order valence-electron chi connectivity index (χ0n) is 10.6. The Morgan fingerprint density at radius 3 is 2.88 bits per heavy atom. The van der Waals surface area contributed by atoms with Crippen LogP contribution in [0.4, 0.5) is 4.39 Å². The third kappa shape index (κ3) is 3.81. The quantitative estimate of drug-likeness (QED) is 0.839. The van der Waals surface area contributed by atoms with Gasteiger partial charge in [-0.2, -0.15) is 0 Å². The fourth-order valence-electron chi connectivity index (χ4n) is 2.80. The van der Waals surface area contributed by atoms with Gasteiger partial charge in [-0.25, -0.2) is 4.39 Å². The van der Waals surface area contributed by atoms with Gasteiger partial charge >= 0.3 is 0 Å². The molecule has 1 saturated heterocycles. The monoisotopic (exact) mass is 235 g/mol. The standard InChI is InChI=1S/C15H22FN/c1-2-5-14-8-4-9-15(17-14)11-12-6-3-7-13(16)10-12/h3,6-7,10,14-15,17H,2,4-5,8-9,11H2,1H3/t14-,15?/m0/s1. The number of rotatable bonds is 4. The molecular weight excluding hydrogens is 213 g/mol. The van der Waals surface area contributed by atoms with Crippen molar-refractivity contribution in [2.75, 3.05) is 0 Å². The third-order valence-corrected chi connectivity index (χ3v) is 3.58. The van der Waals surface area contributed by atoms with Crippen molar-refractivity contribution in [2.45, 2.75) is 57.5 Å². The van der Waals surface area contributed by atoms with E-state index in [0.29, 0.717) is 12.1 Å². The SMILES string of the molecule is CCC[C@H]1CCCC(Cc2cccc(F)c2)N1. The van der Waals surface area contributed by atoms with Gasteiger partial charge in [-0.3, -0.25) is 0 Å². The van der Waals surface area contributed by atoms with Gasteiger partial charge in [0.1, 0.15) is 5.82 Å². The van der Waals surface area contributed by atoms with Crippen LogP contribution in [-0.4, -0.2) is 12.1 Å². The fourth-order valence-corrected chi connectivity index (χ4v) is 2.80. The lowest BCUT2D eigenvalue weighted by Crippen LogP contribution is -2.43. The van der Waals surface area contributed by atoms with Crippen LogP contribution in [0.25, 0.3) is 0 Å². The van der Waals surface area contributed by atoms with Gasteiger partial charge in [-0.1, -0.05) is 31.9 Å². The molecule has 1 N–H and O–H groups in total. The molecule has 0 aromatic heterocycles. The second kappa shape index (κ2) is 6.15. The van der Waals surface area contributed by atoms with Gasteiger partial charge in [-0.15, -0.1) is 0 Å². The molecule has 1 fully saturated rings. The number of benzene rings is 1. The number of piperidine rings is 1. The minimum Gasteiger partial charge on any atom is -0.311 e. The highest BCUT2D eigenvalue weighted by molar-refractivity contribution is 5.17. The maximum atomic E-state index is 13.1. The zero-order valence-corrected chi connectivity index (χ0v) is 10.6. The van der Waals surface area contributed by atoms with Crippen LogP contribution >= 0.6 is 0 Å². The summed E-state index contributed by atoms with van der Waals surface area (Å²) in [5.41, 5.74) is 1.11. The van der Waals surface area contributed by atoms with E-state index in [1.807, 2.05) is 6.07 Å². The van der Waals surface area contributed by atoms with Crippen LogP contribution in [-0.2, 0) is 6.42 Å². The van der Waals surface area contributed by atoms with Crippen LogP contribution in [0, 0.1) is 5.82 Å². The Labute approximate surface area is 103 Å². The van der Waals surface area contributed by atoms with Gasteiger partial charge in [0.25, 0.3) is 0 Å². The van der Waals surface area contributed by atoms with Gasteiger partial charge in [0.15, 0.2) is 0 Å². The lowest BCUT2D eigenvalue weighted by atomic mass is 9.92. The minimum atomic E-state index is -0.122. The molecule has 0 radical (unpaired) electrons. The highest BCUT2D eigenvalue weighted by atomic mass is 19.1. The number of halogens is 1. The highest BCUT2D eigenvalue weighted by Crippen LogP contribution is 2.19. The van der Waals surface area contributed by atoms with Crippen molar-refractivity contribution >= 4 is 0 Å². The molecule has 0 aliphatic carbocycles. The molecule has 1 unspecified atom stereocenters. The summed E-state index contributed by atoms with van der Waals surface area (Å²) in [4.78, 5) is 0. The summed E-state index contributed by atoms with van der Waals surface area (Å²) in [6.45, 7) is 2.23. The molecule has 17 heavy (non-hydrogen) atoms. The molecule has 2 atom stereocenters. The third-order valence-electron chi connectivity index (χ3n) is 3.58. The first-order chi connectivity index (χ1) is 8.28. The molecule has 1 aliphatic rings. The van der Waals surface area contributed by atoms with E-state index in [1.54, 1.807) is 12.1 Å². The average molecular weight is 235 g/mol. The first kappa shape index (κ1) is 12.6. The molecule has 1 nitrogen and oxygen atoms in total. The average Bonchev–Trinajstić information content (AvgIpc) is 2.30. The molecule has 1 heterocycles. The number of hydrogen-bond acceptors (Lipinski definition) is 1. The summed E-state index contributed by atoms with van der Waals surface area (Å²) in [5.74, 6) is -0.122. The van der Waals surface area contributed by atoms with Crippen molar-refractivity contribution in [1.82, 2.24) is 5.32 Å². The Bertz CT molecular complexity index is 349. The molecule has 2 heteroatoms. The Hall–Kier alpha value is -0.890. The van der Waals surface area contributed by atoms with E-state index in [1.165, 1.54) is 38.2 Å². The highest BCUT2D eigenvalue weighted by Gasteiger charge is 2.20. The van der Waals surface area contributed by atoms with Crippen LogP contribution in [0.3, 0.4) is 0 Å². The molecule has 0 spiro atoms. The first-order valence-electron chi connectivity index (χ1n) is 6.78. The maximum Gasteiger partial charge on any atom is 0.123 e. The maximum absolute atomic E-state index is 13.1. The normalized spacial score (nSPS) is 24.8. The summed E-state index contributed by atoms with van der Waals surface area (Å²) < 4.78 is 13.1. The van der Waals surface area contributed by atoms with Crippen LogP contribution in [0.1, 0.15) is 44.6 Å². The van der Waals surface area contributed by atoms with Crippen LogP contribution in [0.5, 0.6) is 0 Å². The van der Waals surface area contributed by atoms with Crippen molar-refractivity contribution in [3.8, 4) is 0 Å². The molecule has 1 aliphatic heterocycles. The Kier molecular flexibility index (Phi) is 4.55. The number of nitrogens with one attached hydrogen (secondary N) is 1. The van der Waals surface area contributed by atoms with Crippen molar-refractivity contribution in [3.05, 3.63) is 35.6 Å². The van der Waals surface area contributed by atoms with Crippen LogP contribution in [0.2, 0.25) is 0 Å². The topological polar surface area (TPSA) is 12.0 Å². The molecular formula is C15H22FN. The molecule has 94 valence electrons. The molecule has 0 bridgehead atoms. The van der Waals surface area contributed by atoms with E-state index in [4.69, 9.17) is 0 Å². The van der Waals surface area contributed by atoms with Gasteiger partial charge in [0, 0.05) is 12.1 Å². The summed E-state index contributed by atoms with van der Waals surface area (Å²) in [7, 11) is 0. The molecule has 0 saturated carbocycles. The predicted molar refractivity (Wildman–Crippen MR) is 69.6 cm³/mol. The van der Waals surface area contributed by atoms with Crippen molar-refractivity contribution in [1.29, 1.82) is 0 Å². The van der Waals surface area contributed by atoms with E-state index in [9.17, 15) is 4.39 Å². The summed E-state index contributed by atoms with van der Waals surface area (Å²) in [6, 6.07) is 8.20. The van der Waals surface area contributed by atoms with E-state index >= 15 is 0 Å². The second-order valence-electron chi connectivity index (χ2n) is 5.11. The van der Waals surface area contributed by atoms with Gasteiger partial charge in [0.05, 0.1) is 0 Å². The van der Waals surface area contributed by atoms with Crippen LogP contribution < -0.4 is 5.32 Å². The lowest BCUT2D eigenvalue weighted by Gasteiger charge is -2.31. The van der Waals surface area contributed by atoms with Crippen molar-refractivity contribution < 1.29 is 4.39 Å². The zero-order chi connectivity index (χ0) is 12.1. The summed E-state index contributed by atoms with van der Waals surface area (Å²) >= 11 is 0. The number of hydrogen-bond donors (Lipinski definition) is 1. The Morgan fingerprint density at radius 1 is 1.29 bits per heavy atom. The predicted octanol–water partition coefficient (Wildman–Crippen LogP) is 3.68. The largest absolute Gasteiger partial charge is 0.311 e. The molecule has 1 aromatic rings. The second-order valence-corrected chi connectivity index (χ2v) is 5.11. The van der Waals surface area contributed by atoms with E-state index in [0.717, 1.165) is 12.0 Å². The molecule has 1 aromatic carbocycles.